The van der Waals surface area contributed by atoms with Crippen molar-refractivity contribution in [3.05, 3.63) is 57.8 Å². The van der Waals surface area contributed by atoms with Crippen LogP contribution in [0.2, 0.25) is 0 Å². The lowest BCUT2D eigenvalue weighted by Gasteiger charge is -2.37. The summed E-state index contributed by atoms with van der Waals surface area (Å²) in [5, 5.41) is 3.08. The van der Waals surface area contributed by atoms with Crippen molar-refractivity contribution in [1.82, 2.24) is 10.2 Å². The Kier molecular flexibility index (Phi) is 7.03. The predicted molar refractivity (Wildman–Crippen MR) is 111 cm³/mol. The first-order chi connectivity index (χ1) is 12.4. The van der Waals surface area contributed by atoms with E-state index in [-0.39, 0.29) is 30.3 Å². The van der Waals surface area contributed by atoms with Crippen LogP contribution in [-0.4, -0.2) is 35.8 Å². The van der Waals surface area contributed by atoms with Crippen molar-refractivity contribution in [2.45, 2.75) is 38.3 Å². The van der Waals surface area contributed by atoms with Gasteiger partial charge < -0.3 is 16.0 Å². The molecule has 0 radical (unpaired) electrons. The number of hydrogen-bond acceptors (Lipinski definition) is 4. The maximum atomic E-state index is 12.9. The predicted octanol–water partition coefficient (Wildman–Crippen LogP) is 3.07. The molecule has 1 saturated heterocycles. The molecule has 1 aromatic carbocycles. The van der Waals surface area contributed by atoms with E-state index in [1.807, 2.05) is 54.3 Å². The average Bonchev–Trinajstić information content (AvgIpc) is 3.09. The average molecular weight is 408 g/mol. The summed E-state index contributed by atoms with van der Waals surface area (Å²) in [6.45, 7) is 4.96. The van der Waals surface area contributed by atoms with Crippen LogP contribution in [0.4, 0.5) is 0 Å². The second-order valence-electron chi connectivity index (χ2n) is 7.02. The summed E-state index contributed by atoms with van der Waals surface area (Å²) >= 11 is 1.50. The molecule has 3 rings (SSSR count). The van der Waals surface area contributed by atoms with Gasteiger partial charge in [-0.05, 0) is 44.4 Å². The highest BCUT2D eigenvalue weighted by Crippen LogP contribution is 2.23. The molecule has 2 amide bonds. The summed E-state index contributed by atoms with van der Waals surface area (Å²) in [7, 11) is 0. The van der Waals surface area contributed by atoms with Gasteiger partial charge in [0.15, 0.2) is 0 Å². The van der Waals surface area contributed by atoms with Crippen LogP contribution in [0.25, 0.3) is 0 Å². The third-order valence-electron chi connectivity index (χ3n) is 4.90. The molecule has 7 heteroatoms. The van der Waals surface area contributed by atoms with E-state index < -0.39 is 5.54 Å². The first kappa shape index (κ1) is 21.4. The quantitative estimate of drug-likeness (QED) is 0.817. The number of benzene rings is 1. The topological polar surface area (TPSA) is 75.4 Å². The number of piperidine rings is 1. The fraction of sp³-hybridized carbons (Fsp3) is 0.400. The van der Waals surface area contributed by atoms with E-state index in [1.54, 1.807) is 6.92 Å². The number of nitrogens with two attached hydrogens (primary N) is 1. The van der Waals surface area contributed by atoms with Gasteiger partial charge in [-0.1, -0.05) is 30.3 Å². The van der Waals surface area contributed by atoms with Crippen molar-refractivity contribution >= 4 is 35.6 Å². The third kappa shape index (κ3) is 4.89. The lowest BCUT2D eigenvalue weighted by molar-refractivity contribution is -0.137. The van der Waals surface area contributed by atoms with E-state index in [0.717, 1.165) is 28.2 Å². The standard InChI is InChI=1S/C20H25N3O2S.ClH/c1-14-8-9-17(26-14)18(24)22-16-10-12-23(13-11-16)19(25)20(2,21)15-6-4-3-5-7-15;/h3-9,16H,10-13,21H2,1-2H3,(H,22,24);1H. The zero-order chi connectivity index (χ0) is 18.7. The lowest BCUT2D eigenvalue weighted by Crippen LogP contribution is -2.54. The highest BCUT2D eigenvalue weighted by atomic mass is 35.5. The first-order valence-corrected chi connectivity index (χ1v) is 9.70. The van der Waals surface area contributed by atoms with E-state index in [1.165, 1.54) is 11.3 Å². The smallest absolute Gasteiger partial charge is 0.261 e. The fourth-order valence-electron chi connectivity index (χ4n) is 3.28. The Labute approximate surface area is 170 Å². The number of hydrogen-bond donors (Lipinski definition) is 2. The highest BCUT2D eigenvalue weighted by molar-refractivity contribution is 7.13. The molecule has 3 N–H and O–H groups in total. The molecular weight excluding hydrogens is 382 g/mol. The maximum Gasteiger partial charge on any atom is 0.261 e. The molecule has 146 valence electrons. The highest BCUT2D eigenvalue weighted by Gasteiger charge is 2.36. The molecule has 0 aliphatic carbocycles. The Balaban J connectivity index is 0.00000261. The normalized spacial score (nSPS) is 16.9. The summed E-state index contributed by atoms with van der Waals surface area (Å²) in [4.78, 5) is 28.8. The van der Waals surface area contributed by atoms with Crippen LogP contribution in [0.3, 0.4) is 0 Å². The number of carbonyl (C=O) groups is 2. The van der Waals surface area contributed by atoms with Gasteiger partial charge in [0.05, 0.1) is 4.88 Å². The molecule has 5 nitrogen and oxygen atoms in total. The Bertz CT molecular complexity index is 784. The number of rotatable bonds is 4. The second kappa shape index (κ2) is 8.87. The summed E-state index contributed by atoms with van der Waals surface area (Å²) in [6.07, 6.45) is 1.49. The van der Waals surface area contributed by atoms with Crippen LogP contribution in [0, 0.1) is 6.92 Å². The number of carbonyl (C=O) groups excluding carboxylic acids is 2. The van der Waals surface area contributed by atoms with Gasteiger partial charge in [0.1, 0.15) is 5.54 Å². The number of nitrogens with one attached hydrogen (secondary N) is 1. The van der Waals surface area contributed by atoms with Gasteiger partial charge in [-0.15, -0.1) is 23.7 Å². The molecule has 2 heterocycles. The van der Waals surface area contributed by atoms with Crippen molar-refractivity contribution in [2.75, 3.05) is 13.1 Å². The molecule has 0 bridgehead atoms. The monoisotopic (exact) mass is 407 g/mol. The van der Waals surface area contributed by atoms with E-state index in [0.29, 0.717) is 13.1 Å². The zero-order valence-electron chi connectivity index (χ0n) is 15.6. The summed E-state index contributed by atoms with van der Waals surface area (Å²) in [5.74, 6) is -0.0943. The summed E-state index contributed by atoms with van der Waals surface area (Å²) < 4.78 is 0. The van der Waals surface area contributed by atoms with Gasteiger partial charge >= 0.3 is 0 Å². The molecule has 1 fully saturated rings. The van der Waals surface area contributed by atoms with Crippen LogP contribution in [0.15, 0.2) is 42.5 Å². The number of halogens is 1. The Morgan fingerprint density at radius 1 is 1.15 bits per heavy atom. The van der Waals surface area contributed by atoms with Gasteiger partial charge in [0.2, 0.25) is 5.91 Å². The van der Waals surface area contributed by atoms with Crippen LogP contribution in [0.5, 0.6) is 0 Å². The van der Waals surface area contributed by atoms with Crippen molar-refractivity contribution in [1.29, 1.82) is 0 Å². The molecule has 1 aliphatic rings. The van der Waals surface area contributed by atoms with Crippen molar-refractivity contribution < 1.29 is 9.59 Å². The van der Waals surface area contributed by atoms with Crippen LogP contribution < -0.4 is 11.1 Å². The van der Waals surface area contributed by atoms with Crippen LogP contribution in [-0.2, 0) is 10.3 Å². The third-order valence-corrected chi connectivity index (χ3v) is 5.90. The number of likely N-dealkylation sites (tertiary alicyclic amines) is 1. The zero-order valence-corrected chi connectivity index (χ0v) is 17.2. The molecule has 27 heavy (non-hydrogen) atoms. The van der Waals surface area contributed by atoms with Gasteiger partial charge in [0, 0.05) is 24.0 Å². The fourth-order valence-corrected chi connectivity index (χ4v) is 4.05. The van der Waals surface area contributed by atoms with E-state index in [9.17, 15) is 9.59 Å². The Hall–Kier alpha value is -1.89. The summed E-state index contributed by atoms with van der Waals surface area (Å²) in [5.41, 5.74) is 6.12. The molecule has 2 aromatic rings. The van der Waals surface area contributed by atoms with E-state index in [2.05, 4.69) is 5.32 Å². The minimum atomic E-state index is -1.04. The number of thiophene rings is 1. The number of aryl methyl sites for hydroxylation is 1. The lowest BCUT2D eigenvalue weighted by atomic mass is 9.90. The van der Waals surface area contributed by atoms with Gasteiger partial charge in [-0.2, -0.15) is 0 Å². The molecule has 1 aliphatic heterocycles. The largest absolute Gasteiger partial charge is 0.348 e. The minimum Gasteiger partial charge on any atom is -0.348 e. The minimum absolute atomic E-state index is 0. The molecule has 1 aromatic heterocycles. The molecule has 0 saturated carbocycles. The van der Waals surface area contributed by atoms with E-state index in [4.69, 9.17) is 5.73 Å². The number of nitrogens with zero attached hydrogens (tertiary/aromatic N) is 1. The molecule has 0 spiro atoms. The van der Waals surface area contributed by atoms with E-state index >= 15 is 0 Å². The Morgan fingerprint density at radius 3 is 2.33 bits per heavy atom. The first-order valence-electron chi connectivity index (χ1n) is 8.89. The van der Waals surface area contributed by atoms with Crippen molar-refractivity contribution in [3.8, 4) is 0 Å². The Morgan fingerprint density at radius 2 is 1.78 bits per heavy atom. The molecule has 1 atom stereocenters. The molecule has 1 unspecified atom stereocenters. The maximum absolute atomic E-state index is 12.9. The van der Waals surface area contributed by atoms with Crippen molar-refractivity contribution in [3.63, 3.8) is 0 Å². The van der Waals surface area contributed by atoms with Gasteiger partial charge in [-0.25, -0.2) is 0 Å². The summed E-state index contributed by atoms with van der Waals surface area (Å²) in [6, 6.07) is 13.4. The molecular formula is C20H26ClN3O2S. The van der Waals surface area contributed by atoms with Crippen LogP contribution >= 0.6 is 23.7 Å². The van der Waals surface area contributed by atoms with Crippen molar-refractivity contribution in [2.24, 2.45) is 5.73 Å². The SMILES string of the molecule is Cc1ccc(C(=O)NC2CCN(C(=O)C(C)(N)c3ccccc3)CC2)s1.Cl. The van der Waals surface area contributed by atoms with Crippen LogP contribution in [0.1, 0.15) is 39.9 Å². The van der Waals surface area contributed by atoms with Gasteiger partial charge in [-0.3, -0.25) is 9.59 Å². The number of amides is 2. The van der Waals surface area contributed by atoms with Gasteiger partial charge in [0.25, 0.3) is 5.91 Å². The second-order valence-corrected chi connectivity index (χ2v) is 8.31.